The first-order valence-corrected chi connectivity index (χ1v) is 9.08. The van der Waals surface area contributed by atoms with E-state index < -0.39 is 4.92 Å². The number of amides is 2. The first-order chi connectivity index (χ1) is 11.8. The number of rotatable bonds is 5. The van der Waals surface area contributed by atoms with Crippen LogP contribution in [0.2, 0.25) is 0 Å². The fraction of sp³-hybridized carbons (Fsp3) is 0.529. The number of piperidine rings is 1. The first-order valence-electron chi connectivity index (χ1n) is 8.20. The van der Waals surface area contributed by atoms with E-state index in [-0.39, 0.29) is 28.7 Å². The van der Waals surface area contributed by atoms with Crippen LogP contribution in [0.5, 0.6) is 0 Å². The summed E-state index contributed by atoms with van der Waals surface area (Å²) < 4.78 is 0. The molecule has 0 aromatic heterocycles. The predicted octanol–water partition coefficient (Wildman–Crippen LogP) is 2.40. The number of carbonyl (C=O) groups is 2. The van der Waals surface area contributed by atoms with Gasteiger partial charge in [0, 0.05) is 50.1 Å². The maximum absolute atomic E-state index is 12.6. The maximum atomic E-state index is 12.6. The van der Waals surface area contributed by atoms with E-state index in [4.69, 9.17) is 0 Å². The van der Waals surface area contributed by atoms with Gasteiger partial charge >= 0.3 is 0 Å². The molecule has 0 aliphatic carbocycles. The van der Waals surface area contributed by atoms with E-state index in [1.54, 1.807) is 31.1 Å². The molecule has 1 aromatic carbocycles. The van der Waals surface area contributed by atoms with Crippen LogP contribution in [-0.4, -0.2) is 59.0 Å². The second kappa shape index (κ2) is 8.33. The third-order valence-corrected chi connectivity index (χ3v) is 5.40. The largest absolute Gasteiger partial charge is 0.349 e. The van der Waals surface area contributed by atoms with Gasteiger partial charge in [-0.25, -0.2) is 0 Å². The minimum atomic E-state index is -0.442. The Balaban J connectivity index is 1.88. The molecular weight excluding hydrogens is 342 g/mol. The summed E-state index contributed by atoms with van der Waals surface area (Å²) >= 11 is 1.39. The average molecular weight is 365 g/mol. The van der Waals surface area contributed by atoms with Crippen molar-refractivity contribution in [2.45, 2.75) is 29.9 Å². The number of benzene rings is 1. The molecule has 1 aliphatic heterocycles. The fourth-order valence-electron chi connectivity index (χ4n) is 2.87. The van der Waals surface area contributed by atoms with Gasteiger partial charge in [0.15, 0.2) is 0 Å². The molecule has 0 saturated carbocycles. The zero-order valence-corrected chi connectivity index (χ0v) is 15.5. The highest BCUT2D eigenvalue weighted by Crippen LogP contribution is 2.28. The molecule has 0 bridgehead atoms. The molecule has 1 heterocycles. The van der Waals surface area contributed by atoms with Crippen molar-refractivity contribution < 1.29 is 14.5 Å². The summed E-state index contributed by atoms with van der Waals surface area (Å²) in [5.74, 6) is 0.163. The zero-order valence-electron chi connectivity index (χ0n) is 14.7. The van der Waals surface area contributed by atoms with Crippen LogP contribution in [-0.2, 0) is 9.59 Å². The van der Waals surface area contributed by atoms with Crippen LogP contribution in [0.15, 0.2) is 29.2 Å². The monoisotopic (exact) mass is 365 g/mol. The van der Waals surface area contributed by atoms with Crippen LogP contribution in [0, 0.1) is 16.0 Å². The number of nitro benzene ring substituents is 1. The third kappa shape index (κ3) is 4.94. The van der Waals surface area contributed by atoms with Crippen LogP contribution in [0.25, 0.3) is 0 Å². The summed E-state index contributed by atoms with van der Waals surface area (Å²) in [6.45, 7) is 3.02. The van der Waals surface area contributed by atoms with Gasteiger partial charge in [-0.15, -0.1) is 11.8 Å². The summed E-state index contributed by atoms with van der Waals surface area (Å²) in [5.41, 5.74) is 0.0379. The molecular formula is C17H23N3O4S. The van der Waals surface area contributed by atoms with Crippen LogP contribution < -0.4 is 0 Å². The Morgan fingerprint density at radius 2 is 1.80 bits per heavy atom. The van der Waals surface area contributed by atoms with Crippen molar-refractivity contribution in [2.75, 3.05) is 27.2 Å². The van der Waals surface area contributed by atoms with Crippen molar-refractivity contribution in [3.63, 3.8) is 0 Å². The Kier molecular flexibility index (Phi) is 6.41. The van der Waals surface area contributed by atoms with E-state index in [0.717, 1.165) is 4.90 Å². The molecule has 0 spiro atoms. The van der Waals surface area contributed by atoms with Crippen molar-refractivity contribution >= 4 is 29.3 Å². The Morgan fingerprint density at radius 1 is 1.24 bits per heavy atom. The summed E-state index contributed by atoms with van der Waals surface area (Å²) in [6, 6.07) is 6.21. The van der Waals surface area contributed by atoms with E-state index in [1.807, 2.05) is 11.8 Å². The number of non-ortho nitro benzene ring substituents is 1. The van der Waals surface area contributed by atoms with Gasteiger partial charge in [-0.3, -0.25) is 19.7 Å². The number of carbonyl (C=O) groups excluding carboxylic acids is 2. The van der Waals surface area contributed by atoms with Crippen LogP contribution in [0.3, 0.4) is 0 Å². The maximum Gasteiger partial charge on any atom is 0.269 e. The lowest BCUT2D eigenvalue weighted by atomic mass is 9.95. The molecule has 0 radical (unpaired) electrons. The number of nitrogens with zero attached hydrogens (tertiary/aromatic N) is 3. The Hall–Kier alpha value is -2.09. The molecule has 2 amide bonds. The molecule has 1 saturated heterocycles. The van der Waals surface area contributed by atoms with E-state index in [9.17, 15) is 19.7 Å². The Labute approximate surface area is 151 Å². The van der Waals surface area contributed by atoms with Crippen molar-refractivity contribution in [1.82, 2.24) is 9.80 Å². The second-order valence-electron chi connectivity index (χ2n) is 6.34. The van der Waals surface area contributed by atoms with Crippen LogP contribution >= 0.6 is 11.8 Å². The van der Waals surface area contributed by atoms with Gasteiger partial charge in [0.25, 0.3) is 5.69 Å². The van der Waals surface area contributed by atoms with Gasteiger partial charge in [0.2, 0.25) is 11.8 Å². The topological polar surface area (TPSA) is 83.8 Å². The lowest BCUT2D eigenvalue weighted by Crippen LogP contribution is -2.45. The number of nitro groups is 1. The molecule has 1 unspecified atom stereocenters. The first kappa shape index (κ1) is 19.2. The molecule has 1 aliphatic rings. The molecule has 136 valence electrons. The predicted molar refractivity (Wildman–Crippen MR) is 96.4 cm³/mol. The zero-order chi connectivity index (χ0) is 18.6. The molecule has 25 heavy (non-hydrogen) atoms. The Morgan fingerprint density at radius 3 is 2.28 bits per heavy atom. The third-order valence-electron chi connectivity index (χ3n) is 4.30. The lowest BCUT2D eigenvalue weighted by Gasteiger charge is -2.33. The number of hydrogen-bond acceptors (Lipinski definition) is 5. The van der Waals surface area contributed by atoms with Gasteiger partial charge in [-0.1, -0.05) is 0 Å². The van der Waals surface area contributed by atoms with Crippen LogP contribution in [0.4, 0.5) is 5.69 Å². The smallest absolute Gasteiger partial charge is 0.269 e. The van der Waals surface area contributed by atoms with Gasteiger partial charge in [-0.2, -0.15) is 0 Å². The lowest BCUT2D eigenvalue weighted by molar-refractivity contribution is -0.384. The van der Waals surface area contributed by atoms with E-state index in [1.165, 1.54) is 23.9 Å². The molecule has 8 heteroatoms. The van der Waals surface area contributed by atoms with Crippen molar-refractivity contribution in [2.24, 2.45) is 5.92 Å². The number of hydrogen-bond donors (Lipinski definition) is 0. The molecule has 2 rings (SSSR count). The summed E-state index contributed by atoms with van der Waals surface area (Å²) in [7, 11) is 3.51. The van der Waals surface area contributed by atoms with Crippen molar-refractivity contribution in [3.8, 4) is 0 Å². The normalized spacial score (nSPS) is 16.4. The SMILES string of the molecule is CC(Sc1ccc([N+](=O)[O-])cc1)C(=O)N1CCC(C(=O)N(C)C)CC1. The van der Waals surface area contributed by atoms with Gasteiger partial charge < -0.3 is 9.80 Å². The molecule has 1 atom stereocenters. The van der Waals surface area contributed by atoms with Crippen molar-refractivity contribution in [3.05, 3.63) is 34.4 Å². The highest BCUT2D eigenvalue weighted by Gasteiger charge is 2.30. The standard InChI is InChI=1S/C17H23N3O4S/c1-12(25-15-6-4-14(5-7-15)20(23)24)16(21)19-10-8-13(9-11-19)17(22)18(2)3/h4-7,12-13H,8-11H2,1-3H3. The summed E-state index contributed by atoms with van der Waals surface area (Å²) in [4.78, 5) is 39.1. The fourth-order valence-corrected chi connectivity index (χ4v) is 3.82. The number of likely N-dealkylation sites (tertiary alicyclic amines) is 1. The van der Waals surface area contributed by atoms with Crippen LogP contribution in [0.1, 0.15) is 19.8 Å². The summed E-state index contributed by atoms with van der Waals surface area (Å²) in [5, 5.41) is 10.4. The molecule has 1 aromatic rings. The molecule has 0 N–H and O–H groups in total. The number of thioether (sulfide) groups is 1. The minimum absolute atomic E-state index is 0.00307. The van der Waals surface area contributed by atoms with E-state index in [0.29, 0.717) is 25.9 Å². The summed E-state index contributed by atoms with van der Waals surface area (Å²) in [6.07, 6.45) is 1.38. The van der Waals surface area contributed by atoms with Gasteiger partial charge in [0.1, 0.15) is 0 Å². The van der Waals surface area contributed by atoms with Gasteiger partial charge in [-0.05, 0) is 31.9 Å². The Bertz CT molecular complexity index is 640. The molecule has 7 nitrogen and oxygen atoms in total. The molecule has 1 fully saturated rings. The average Bonchev–Trinajstić information content (AvgIpc) is 2.60. The highest BCUT2D eigenvalue weighted by molar-refractivity contribution is 8.00. The highest BCUT2D eigenvalue weighted by atomic mass is 32.2. The second-order valence-corrected chi connectivity index (χ2v) is 7.76. The minimum Gasteiger partial charge on any atom is -0.349 e. The van der Waals surface area contributed by atoms with Gasteiger partial charge in [0.05, 0.1) is 10.2 Å². The van der Waals surface area contributed by atoms with E-state index >= 15 is 0 Å². The van der Waals surface area contributed by atoms with E-state index in [2.05, 4.69) is 0 Å². The quantitative estimate of drug-likeness (QED) is 0.454. The van der Waals surface area contributed by atoms with Crippen molar-refractivity contribution in [1.29, 1.82) is 0 Å².